The van der Waals surface area contributed by atoms with Crippen molar-refractivity contribution in [3.05, 3.63) is 12.4 Å². The van der Waals surface area contributed by atoms with Crippen LogP contribution in [0.15, 0.2) is 12.4 Å². The summed E-state index contributed by atoms with van der Waals surface area (Å²) in [5.74, 6) is 0.912. The highest BCUT2D eigenvalue weighted by Crippen LogP contribution is 2.15. The minimum atomic E-state index is 0.366. The van der Waals surface area contributed by atoms with Crippen molar-refractivity contribution in [2.45, 2.75) is 38.8 Å². The first-order valence-corrected chi connectivity index (χ1v) is 5.78. The first-order valence-electron chi connectivity index (χ1n) is 5.78. The number of aromatic nitrogens is 2. The molecular formula is C11H19N3O. The van der Waals surface area contributed by atoms with Crippen LogP contribution in [0, 0.1) is 0 Å². The second-order valence-electron chi connectivity index (χ2n) is 4.01. The lowest BCUT2D eigenvalue weighted by Crippen LogP contribution is -2.34. The summed E-state index contributed by atoms with van der Waals surface area (Å²) >= 11 is 0. The Morgan fingerprint density at radius 2 is 2.33 bits per heavy atom. The lowest BCUT2D eigenvalue weighted by atomic mass is 10.1. The van der Waals surface area contributed by atoms with E-state index in [1.807, 2.05) is 17.1 Å². The van der Waals surface area contributed by atoms with Gasteiger partial charge in [0.1, 0.15) is 6.10 Å². The third-order valence-corrected chi connectivity index (χ3v) is 2.65. The molecule has 0 bridgehead atoms. The van der Waals surface area contributed by atoms with E-state index in [1.54, 1.807) is 0 Å². The van der Waals surface area contributed by atoms with Gasteiger partial charge in [0.2, 0.25) is 0 Å². The van der Waals surface area contributed by atoms with Crippen molar-refractivity contribution in [1.29, 1.82) is 0 Å². The molecule has 0 saturated carbocycles. The summed E-state index contributed by atoms with van der Waals surface area (Å²) in [4.78, 5) is 0. The Labute approximate surface area is 90.6 Å². The van der Waals surface area contributed by atoms with Gasteiger partial charge in [0, 0.05) is 6.54 Å². The fourth-order valence-corrected chi connectivity index (χ4v) is 1.86. The Bertz CT molecular complexity index is 292. The van der Waals surface area contributed by atoms with Gasteiger partial charge in [-0.25, -0.2) is 0 Å². The maximum atomic E-state index is 5.86. The molecule has 2 heterocycles. The van der Waals surface area contributed by atoms with Crippen molar-refractivity contribution in [3.8, 4) is 5.75 Å². The lowest BCUT2D eigenvalue weighted by molar-refractivity contribution is 0.162. The summed E-state index contributed by atoms with van der Waals surface area (Å²) < 4.78 is 7.80. The van der Waals surface area contributed by atoms with Crippen molar-refractivity contribution < 1.29 is 4.74 Å². The van der Waals surface area contributed by atoms with Crippen LogP contribution in [0.25, 0.3) is 0 Å². The number of ether oxygens (including phenoxy) is 1. The maximum Gasteiger partial charge on any atom is 0.157 e. The number of hydrogen-bond acceptors (Lipinski definition) is 3. The zero-order chi connectivity index (χ0) is 10.5. The molecule has 0 aromatic carbocycles. The van der Waals surface area contributed by atoms with E-state index in [0.717, 1.165) is 44.6 Å². The van der Waals surface area contributed by atoms with Gasteiger partial charge < -0.3 is 10.1 Å². The predicted octanol–water partition coefficient (Wildman–Crippen LogP) is 1.42. The molecule has 0 unspecified atom stereocenters. The molecule has 4 nitrogen and oxygen atoms in total. The largest absolute Gasteiger partial charge is 0.487 e. The monoisotopic (exact) mass is 209 g/mol. The highest BCUT2D eigenvalue weighted by molar-refractivity contribution is 5.12. The molecule has 1 saturated heterocycles. The van der Waals surface area contributed by atoms with Crippen LogP contribution in [0.3, 0.4) is 0 Å². The molecule has 1 N–H and O–H groups in total. The first kappa shape index (κ1) is 10.5. The van der Waals surface area contributed by atoms with Gasteiger partial charge in [-0.1, -0.05) is 6.92 Å². The molecule has 2 rings (SSSR count). The minimum absolute atomic E-state index is 0.366. The van der Waals surface area contributed by atoms with Gasteiger partial charge in [-0.05, 0) is 32.4 Å². The third-order valence-electron chi connectivity index (χ3n) is 2.65. The van der Waals surface area contributed by atoms with Crippen LogP contribution < -0.4 is 10.1 Å². The fourth-order valence-electron chi connectivity index (χ4n) is 1.86. The molecule has 0 radical (unpaired) electrons. The maximum absolute atomic E-state index is 5.86. The van der Waals surface area contributed by atoms with Gasteiger partial charge in [-0.3, -0.25) is 4.68 Å². The zero-order valence-corrected chi connectivity index (χ0v) is 9.28. The molecule has 0 aliphatic carbocycles. The highest BCUT2D eigenvalue weighted by atomic mass is 16.5. The Morgan fingerprint density at radius 3 is 3.07 bits per heavy atom. The van der Waals surface area contributed by atoms with Crippen molar-refractivity contribution in [1.82, 2.24) is 15.1 Å². The lowest BCUT2D eigenvalue weighted by Gasteiger charge is -2.22. The average molecular weight is 209 g/mol. The van der Waals surface area contributed by atoms with Gasteiger partial charge in [0.05, 0.1) is 12.4 Å². The number of hydrogen-bond donors (Lipinski definition) is 1. The molecule has 0 spiro atoms. The van der Waals surface area contributed by atoms with Crippen LogP contribution in [-0.4, -0.2) is 29.0 Å². The van der Waals surface area contributed by atoms with Gasteiger partial charge in [0.25, 0.3) is 0 Å². The Hall–Kier alpha value is -1.03. The number of nitrogens with one attached hydrogen (secondary N) is 1. The molecule has 0 atom stereocenters. The van der Waals surface area contributed by atoms with Crippen LogP contribution in [0.2, 0.25) is 0 Å². The summed E-state index contributed by atoms with van der Waals surface area (Å²) in [5, 5.41) is 7.57. The van der Waals surface area contributed by atoms with Crippen LogP contribution in [0.1, 0.15) is 26.2 Å². The quantitative estimate of drug-likeness (QED) is 0.815. The summed E-state index contributed by atoms with van der Waals surface area (Å²) in [6.45, 7) is 5.24. The molecular weight excluding hydrogens is 190 g/mol. The van der Waals surface area contributed by atoms with Crippen LogP contribution in [0.5, 0.6) is 5.75 Å². The number of rotatable bonds is 4. The molecule has 1 aromatic heterocycles. The predicted molar refractivity (Wildman–Crippen MR) is 59.0 cm³/mol. The Balaban J connectivity index is 1.86. The molecule has 1 fully saturated rings. The van der Waals surface area contributed by atoms with Gasteiger partial charge in [-0.2, -0.15) is 5.10 Å². The standard InChI is InChI=1S/C11H19N3O/c1-2-7-14-9-11(8-13-14)15-10-3-5-12-6-4-10/h8-10,12H,2-7H2,1H3. The Kier molecular flexibility index (Phi) is 3.61. The van der Waals surface area contributed by atoms with Crippen molar-refractivity contribution in [2.75, 3.05) is 13.1 Å². The summed E-state index contributed by atoms with van der Waals surface area (Å²) in [7, 11) is 0. The summed E-state index contributed by atoms with van der Waals surface area (Å²) in [6, 6.07) is 0. The summed E-state index contributed by atoms with van der Waals surface area (Å²) in [6.07, 6.45) is 7.47. The molecule has 1 aliphatic heterocycles. The number of aryl methyl sites for hydroxylation is 1. The topological polar surface area (TPSA) is 39.1 Å². The Morgan fingerprint density at radius 1 is 1.53 bits per heavy atom. The van der Waals surface area contributed by atoms with Crippen molar-refractivity contribution >= 4 is 0 Å². The molecule has 84 valence electrons. The average Bonchev–Trinajstić information content (AvgIpc) is 2.68. The second kappa shape index (κ2) is 5.16. The van der Waals surface area contributed by atoms with Crippen LogP contribution in [0.4, 0.5) is 0 Å². The van der Waals surface area contributed by atoms with Crippen molar-refractivity contribution in [3.63, 3.8) is 0 Å². The molecule has 15 heavy (non-hydrogen) atoms. The number of nitrogens with zero attached hydrogens (tertiary/aromatic N) is 2. The molecule has 1 aliphatic rings. The highest BCUT2D eigenvalue weighted by Gasteiger charge is 2.14. The second-order valence-corrected chi connectivity index (χ2v) is 4.01. The SMILES string of the molecule is CCCn1cc(OC2CCNCC2)cn1. The van der Waals surface area contributed by atoms with E-state index in [2.05, 4.69) is 17.3 Å². The third kappa shape index (κ3) is 2.96. The van der Waals surface area contributed by atoms with E-state index in [0.29, 0.717) is 6.10 Å². The van der Waals surface area contributed by atoms with E-state index in [1.165, 1.54) is 0 Å². The smallest absolute Gasteiger partial charge is 0.157 e. The van der Waals surface area contributed by atoms with Gasteiger partial charge in [0.15, 0.2) is 5.75 Å². The van der Waals surface area contributed by atoms with E-state index in [4.69, 9.17) is 4.74 Å². The van der Waals surface area contributed by atoms with E-state index in [9.17, 15) is 0 Å². The van der Waals surface area contributed by atoms with Crippen molar-refractivity contribution in [2.24, 2.45) is 0 Å². The van der Waals surface area contributed by atoms with Gasteiger partial charge in [-0.15, -0.1) is 0 Å². The number of piperidine rings is 1. The normalized spacial score (nSPS) is 17.9. The minimum Gasteiger partial charge on any atom is -0.487 e. The van der Waals surface area contributed by atoms with Gasteiger partial charge >= 0.3 is 0 Å². The summed E-state index contributed by atoms with van der Waals surface area (Å²) in [5.41, 5.74) is 0. The van der Waals surface area contributed by atoms with E-state index >= 15 is 0 Å². The van der Waals surface area contributed by atoms with E-state index < -0.39 is 0 Å². The van der Waals surface area contributed by atoms with Crippen LogP contribution in [-0.2, 0) is 6.54 Å². The zero-order valence-electron chi connectivity index (χ0n) is 9.28. The molecule has 4 heteroatoms. The fraction of sp³-hybridized carbons (Fsp3) is 0.727. The molecule has 0 amide bonds. The van der Waals surface area contributed by atoms with E-state index in [-0.39, 0.29) is 0 Å². The molecule has 1 aromatic rings. The van der Waals surface area contributed by atoms with Crippen LogP contribution >= 0.6 is 0 Å². The first-order chi connectivity index (χ1) is 7.38.